The van der Waals surface area contributed by atoms with E-state index in [-0.39, 0.29) is 6.04 Å². The van der Waals surface area contributed by atoms with E-state index in [9.17, 15) is 8.42 Å². The van der Waals surface area contributed by atoms with Gasteiger partial charge in [-0.2, -0.15) is 0 Å². The SMILES string of the molecule is CCCNCc1sccc1S(=O)(=O)NC(C)COCC. The predicted molar refractivity (Wildman–Crippen MR) is 82.6 cm³/mol. The van der Waals surface area contributed by atoms with Crippen LogP contribution in [-0.4, -0.2) is 34.2 Å². The van der Waals surface area contributed by atoms with Crippen molar-refractivity contribution >= 4 is 21.4 Å². The van der Waals surface area contributed by atoms with Gasteiger partial charge in [-0.25, -0.2) is 13.1 Å². The average molecular weight is 320 g/mol. The Bertz CT molecular complexity index is 486. The molecule has 2 N–H and O–H groups in total. The fraction of sp³-hybridized carbons (Fsp3) is 0.692. The van der Waals surface area contributed by atoms with Gasteiger partial charge in [0, 0.05) is 24.1 Å². The first kappa shape index (κ1) is 17.6. The maximum atomic E-state index is 12.3. The first-order valence-electron chi connectivity index (χ1n) is 6.88. The number of rotatable bonds is 10. The number of hydrogen-bond donors (Lipinski definition) is 2. The highest BCUT2D eigenvalue weighted by Crippen LogP contribution is 2.22. The molecule has 0 amide bonds. The Kier molecular flexibility index (Phi) is 7.68. The summed E-state index contributed by atoms with van der Waals surface area (Å²) in [4.78, 5) is 1.21. The quantitative estimate of drug-likeness (QED) is 0.647. The van der Waals surface area contributed by atoms with Crippen LogP contribution in [-0.2, 0) is 21.3 Å². The highest BCUT2D eigenvalue weighted by Gasteiger charge is 2.21. The zero-order valence-corrected chi connectivity index (χ0v) is 13.9. The van der Waals surface area contributed by atoms with Crippen molar-refractivity contribution in [1.82, 2.24) is 10.0 Å². The molecule has 1 unspecified atom stereocenters. The summed E-state index contributed by atoms with van der Waals surface area (Å²) in [5, 5.41) is 5.04. The molecule has 0 radical (unpaired) electrons. The predicted octanol–water partition coefficient (Wildman–Crippen LogP) is 1.95. The van der Waals surface area contributed by atoms with Crippen molar-refractivity contribution in [3.05, 3.63) is 16.3 Å². The maximum absolute atomic E-state index is 12.3. The van der Waals surface area contributed by atoms with Crippen molar-refractivity contribution in [3.63, 3.8) is 0 Å². The van der Waals surface area contributed by atoms with Crippen LogP contribution in [0.5, 0.6) is 0 Å². The Morgan fingerprint density at radius 3 is 2.80 bits per heavy atom. The monoisotopic (exact) mass is 320 g/mol. The fourth-order valence-electron chi connectivity index (χ4n) is 1.73. The van der Waals surface area contributed by atoms with Gasteiger partial charge in [0.2, 0.25) is 10.0 Å². The average Bonchev–Trinajstić information content (AvgIpc) is 2.85. The fourth-order valence-corrected chi connectivity index (χ4v) is 4.37. The van der Waals surface area contributed by atoms with E-state index in [1.54, 1.807) is 13.0 Å². The highest BCUT2D eigenvalue weighted by molar-refractivity contribution is 7.89. The van der Waals surface area contributed by atoms with Crippen molar-refractivity contribution in [2.24, 2.45) is 0 Å². The lowest BCUT2D eigenvalue weighted by Crippen LogP contribution is -2.36. The standard InChI is InChI=1S/C13H24N2O3S2/c1-4-7-14-9-12-13(6-8-19-12)20(16,17)15-11(3)10-18-5-2/h6,8,11,14-15H,4-5,7,9-10H2,1-3H3. The zero-order chi connectivity index (χ0) is 15.0. The van der Waals surface area contributed by atoms with Gasteiger partial charge in [0.05, 0.1) is 11.5 Å². The first-order valence-corrected chi connectivity index (χ1v) is 9.24. The van der Waals surface area contributed by atoms with Crippen molar-refractivity contribution in [2.75, 3.05) is 19.8 Å². The molecule has 0 aliphatic rings. The topological polar surface area (TPSA) is 67.4 Å². The van der Waals surface area contributed by atoms with E-state index in [1.165, 1.54) is 11.3 Å². The number of ether oxygens (including phenoxy) is 1. The molecule has 0 bridgehead atoms. The zero-order valence-electron chi connectivity index (χ0n) is 12.3. The molecule has 1 aromatic rings. The minimum Gasteiger partial charge on any atom is -0.380 e. The lowest BCUT2D eigenvalue weighted by Gasteiger charge is -2.14. The maximum Gasteiger partial charge on any atom is 0.242 e. The summed E-state index contributed by atoms with van der Waals surface area (Å²) < 4.78 is 32.5. The Morgan fingerprint density at radius 1 is 1.40 bits per heavy atom. The molecule has 1 rings (SSSR count). The van der Waals surface area contributed by atoms with Crippen LogP contribution in [0.4, 0.5) is 0 Å². The van der Waals surface area contributed by atoms with Crippen LogP contribution in [0.15, 0.2) is 16.3 Å². The molecule has 1 atom stereocenters. The summed E-state index contributed by atoms with van der Waals surface area (Å²) in [5.74, 6) is 0. The third-order valence-electron chi connectivity index (χ3n) is 2.63. The third-order valence-corrected chi connectivity index (χ3v) is 5.36. The smallest absolute Gasteiger partial charge is 0.242 e. The van der Waals surface area contributed by atoms with Crippen LogP contribution >= 0.6 is 11.3 Å². The van der Waals surface area contributed by atoms with Crippen LogP contribution in [0.25, 0.3) is 0 Å². The Labute approximate surface area is 125 Å². The van der Waals surface area contributed by atoms with E-state index < -0.39 is 10.0 Å². The van der Waals surface area contributed by atoms with Crippen molar-refractivity contribution in [2.45, 2.75) is 44.7 Å². The molecule has 0 saturated carbocycles. The Balaban J connectivity index is 2.69. The van der Waals surface area contributed by atoms with Crippen LogP contribution in [0, 0.1) is 0 Å². The largest absolute Gasteiger partial charge is 0.380 e. The number of hydrogen-bond acceptors (Lipinski definition) is 5. The van der Waals surface area contributed by atoms with Crippen LogP contribution in [0.3, 0.4) is 0 Å². The minimum atomic E-state index is -3.47. The normalized spacial score (nSPS) is 13.6. The van der Waals surface area contributed by atoms with E-state index in [1.807, 2.05) is 12.3 Å². The van der Waals surface area contributed by atoms with E-state index in [4.69, 9.17) is 4.74 Å². The van der Waals surface area contributed by atoms with Crippen molar-refractivity contribution in [1.29, 1.82) is 0 Å². The second-order valence-corrected chi connectivity index (χ2v) is 7.25. The molecule has 1 aromatic heterocycles. The molecule has 0 aromatic carbocycles. The third kappa shape index (κ3) is 5.49. The molecule has 20 heavy (non-hydrogen) atoms. The summed E-state index contributed by atoms with van der Waals surface area (Å²) in [6.45, 7) is 8.19. The van der Waals surface area contributed by atoms with Crippen molar-refractivity contribution in [3.8, 4) is 0 Å². The van der Waals surface area contributed by atoms with Gasteiger partial charge in [-0.1, -0.05) is 6.92 Å². The number of sulfonamides is 1. The van der Waals surface area contributed by atoms with Gasteiger partial charge in [-0.3, -0.25) is 0 Å². The Hall–Kier alpha value is -0.470. The summed E-state index contributed by atoms with van der Waals surface area (Å²) in [6.07, 6.45) is 1.02. The summed E-state index contributed by atoms with van der Waals surface area (Å²) in [7, 11) is -3.47. The van der Waals surface area contributed by atoms with Crippen molar-refractivity contribution < 1.29 is 13.2 Å². The molecule has 0 saturated heterocycles. The molecule has 7 heteroatoms. The minimum absolute atomic E-state index is 0.240. The van der Waals surface area contributed by atoms with E-state index in [0.29, 0.717) is 24.7 Å². The van der Waals surface area contributed by atoms with Gasteiger partial charge >= 0.3 is 0 Å². The molecule has 5 nitrogen and oxygen atoms in total. The first-order chi connectivity index (χ1) is 9.51. The number of nitrogens with one attached hydrogen (secondary N) is 2. The van der Waals surface area contributed by atoms with Crippen LogP contribution < -0.4 is 10.0 Å². The molecular weight excluding hydrogens is 296 g/mol. The van der Waals surface area contributed by atoms with E-state index in [0.717, 1.165) is 17.8 Å². The highest BCUT2D eigenvalue weighted by atomic mass is 32.2. The Morgan fingerprint density at radius 2 is 2.15 bits per heavy atom. The second-order valence-electron chi connectivity index (χ2n) is 4.57. The summed E-state index contributed by atoms with van der Waals surface area (Å²) >= 11 is 1.46. The summed E-state index contributed by atoms with van der Waals surface area (Å²) in [6, 6.07) is 1.42. The molecule has 1 heterocycles. The molecular formula is C13H24N2O3S2. The molecule has 0 fully saturated rings. The molecule has 0 aliphatic carbocycles. The lowest BCUT2D eigenvalue weighted by atomic mass is 10.4. The molecule has 0 aliphatic heterocycles. The van der Waals surface area contributed by atoms with Gasteiger partial charge < -0.3 is 10.1 Å². The van der Waals surface area contributed by atoms with Gasteiger partial charge in [0.1, 0.15) is 0 Å². The summed E-state index contributed by atoms with van der Waals surface area (Å²) in [5.41, 5.74) is 0. The number of thiophene rings is 1. The van der Waals surface area contributed by atoms with Crippen LogP contribution in [0.2, 0.25) is 0 Å². The van der Waals surface area contributed by atoms with Gasteiger partial charge in [-0.05, 0) is 38.3 Å². The second kappa shape index (κ2) is 8.74. The van der Waals surface area contributed by atoms with Crippen LogP contribution in [0.1, 0.15) is 32.1 Å². The van der Waals surface area contributed by atoms with Gasteiger partial charge in [-0.15, -0.1) is 11.3 Å². The van der Waals surface area contributed by atoms with E-state index in [2.05, 4.69) is 17.0 Å². The van der Waals surface area contributed by atoms with Gasteiger partial charge in [0.15, 0.2) is 0 Å². The molecule has 0 spiro atoms. The molecule has 116 valence electrons. The van der Waals surface area contributed by atoms with E-state index >= 15 is 0 Å². The lowest BCUT2D eigenvalue weighted by molar-refractivity contribution is 0.133. The van der Waals surface area contributed by atoms with Gasteiger partial charge in [0.25, 0.3) is 0 Å².